The first kappa shape index (κ1) is 15.2. The van der Waals surface area contributed by atoms with Crippen molar-refractivity contribution in [2.24, 2.45) is 0 Å². The Morgan fingerprint density at radius 3 is 2.17 bits per heavy atom. The smallest absolute Gasteiger partial charge is 0.423 e. The van der Waals surface area contributed by atoms with Gasteiger partial charge in [-0.25, -0.2) is 13.1 Å². The second-order valence-corrected chi connectivity index (χ2v) is 6.90. The van der Waals surface area contributed by atoms with Crippen molar-refractivity contribution in [3.8, 4) is 0 Å². The van der Waals surface area contributed by atoms with E-state index in [1.807, 2.05) is 0 Å². The van der Waals surface area contributed by atoms with Crippen LogP contribution in [0.3, 0.4) is 0 Å². The third-order valence-corrected chi connectivity index (χ3v) is 4.15. The second-order valence-electron chi connectivity index (χ2n) is 5.25. The van der Waals surface area contributed by atoms with Crippen molar-refractivity contribution < 1.29 is 18.5 Å². The van der Waals surface area contributed by atoms with Crippen molar-refractivity contribution in [2.75, 3.05) is 0 Å². The highest BCUT2D eigenvalue weighted by atomic mass is 32.2. The average molecular weight is 271 g/mol. The van der Waals surface area contributed by atoms with E-state index in [1.54, 1.807) is 27.7 Å². The van der Waals surface area contributed by atoms with Gasteiger partial charge in [-0.2, -0.15) is 0 Å². The molecule has 0 aliphatic rings. The fourth-order valence-corrected chi connectivity index (χ4v) is 3.24. The number of hydrogen-bond donors (Lipinski definition) is 3. The van der Waals surface area contributed by atoms with Gasteiger partial charge in [0.1, 0.15) is 0 Å². The predicted molar refractivity (Wildman–Crippen MR) is 71.1 cm³/mol. The Kier molecular flexibility index (Phi) is 4.22. The van der Waals surface area contributed by atoms with Gasteiger partial charge in [0.25, 0.3) is 0 Å². The highest BCUT2D eigenvalue weighted by molar-refractivity contribution is 7.89. The molecule has 0 radical (unpaired) electrons. The maximum Gasteiger partial charge on any atom is 0.488 e. The fraction of sp³-hybridized carbons (Fsp3) is 0.455. The van der Waals surface area contributed by atoms with Crippen molar-refractivity contribution in [1.82, 2.24) is 4.72 Å². The molecular formula is C11H18BNO4S. The summed E-state index contributed by atoms with van der Waals surface area (Å²) in [6.45, 7) is 6.88. The lowest BCUT2D eigenvalue weighted by molar-refractivity contribution is 0.425. The summed E-state index contributed by atoms with van der Waals surface area (Å²) < 4.78 is 26.8. The molecule has 1 rings (SSSR count). The van der Waals surface area contributed by atoms with Gasteiger partial charge in [0.15, 0.2) is 0 Å². The highest BCUT2D eigenvalue weighted by Gasteiger charge is 2.24. The van der Waals surface area contributed by atoms with Crippen LogP contribution in [-0.4, -0.2) is 31.1 Å². The Bertz CT molecular complexity index is 534. The molecule has 18 heavy (non-hydrogen) atoms. The zero-order valence-electron chi connectivity index (χ0n) is 10.9. The molecule has 0 atom stereocenters. The van der Waals surface area contributed by atoms with Gasteiger partial charge in [-0.05, 0) is 44.8 Å². The summed E-state index contributed by atoms with van der Waals surface area (Å²) in [4.78, 5) is 0.141. The van der Waals surface area contributed by atoms with Crippen molar-refractivity contribution in [3.05, 3.63) is 23.8 Å². The summed E-state index contributed by atoms with van der Waals surface area (Å²) in [5.41, 5.74) is 0.167. The lowest BCUT2D eigenvalue weighted by atomic mass is 9.80. The van der Waals surface area contributed by atoms with Crippen molar-refractivity contribution in [1.29, 1.82) is 0 Å². The summed E-state index contributed by atoms with van der Waals surface area (Å²) in [6, 6.07) is 4.20. The van der Waals surface area contributed by atoms with Gasteiger partial charge < -0.3 is 10.0 Å². The molecule has 0 bridgehead atoms. The molecule has 0 saturated heterocycles. The van der Waals surface area contributed by atoms with Gasteiger partial charge in [-0.3, -0.25) is 0 Å². The molecule has 0 unspecified atom stereocenters. The molecule has 1 aromatic carbocycles. The van der Waals surface area contributed by atoms with Crippen LogP contribution in [0.4, 0.5) is 0 Å². The summed E-state index contributed by atoms with van der Waals surface area (Å²) in [5, 5.41) is 18.0. The lowest BCUT2D eigenvalue weighted by Gasteiger charge is -2.21. The number of rotatable bonds is 3. The Balaban J connectivity index is 3.19. The van der Waals surface area contributed by atoms with Crippen LogP contribution in [0.1, 0.15) is 26.3 Å². The third-order valence-electron chi connectivity index (χ3n) is 2.23. The van der Waals surface area contributed by atoms with Crippen molar-refractivity contribution >= 4 is 22.6 Å². The zero-order chi connectivity index (χ0) is 14.1. The highest BCUT2D eigenvalue weighted by Crippen LogP contribution is 2.16. The van der Waals surface area contributed by atoms with E-state index in [9.17, 15) is 8.42 Å². The molecule has 0 amide bonds. The topological polar surface area (TPSA) is 86.6 Å². The lowest BCUT2D eigenvalue weighted by Crippen LogP contribution is -2.41. The number of nitrogens with one attached hydrogen (secondary N) is 1. The Morgan fingerprint density at radius 2 is 1.78 bits per heavy atom. The maximum atomic E-state index is 12.1. The third kappa shape index (κ3) is 3.81. The standard InChI is InChI=1S/C11H18BNO4S/c1-8-7-9(12(14)15)5-6-10(8)18(16,17)13-11(2,3)4/h5-7,13-15H,1-4H3. The molecule has 0 aliphatic heterocycles. The first-order chi connectivity index (χ1) is 8.03. The van der Waals surface area contributed by atoms with E-state index in [1.165, 1.54) is 18.2 Å². The van der Waals surface area contributed by atoms with E-state index < -0.39 is 22.7 Å². The fourth-order valence-electron chi connectivity index (χ4n) is 1.59. The molecule has 0 saturated carbocycles. The number of benzene rings is 1. The van der Waals surface area contributed by atoms with Crippen LogP contribution < -0.4 is 10.2 Å². The molecule has 0 aromatic heterocycles. The van der Waals surface area contributed by atoms with Crippen LogP contribution in [0, 0.1) is 6.92 Å². The van der Waals surface area contributed by atoms with Crippen LogP contribution in [0.5, 0.6) is 0 Å². The Labute approximate surface area is 108 Å². The Morgan fingerprint density at radius 1 is 1.22 bits per heavy atom. The monoisotopic (exact) mass is 271 g/mol. The van der Waals surface area contributed by atoms with E-state index >= 15 is 0 Å². The van der Waals surface area contributed by atoms with Gasteiger partial charge >= 0.3 is 7.12 Å². The molecule has 0 aliphatic carbocycles. The number of aryl methyl sites for hydroxylation is 1. The van der Waals surface area contributed by atoms with Crippen LogP contribution in [0.15, 0.2) is 23.1 Å². The predicted octanol–water partition coefficient (Wildman–Crippen LogP) is -0.248. The minimum absolute atomic E-state index is 0.141. The van der Waals surface area contributed by atoms with Crippen molar-refractivity contribution in [2.45, 2.75) is 38.1 Å². The molecule has 0 fully saturated rings. The van der Waals surface area contributed by atoms with Gasteiger partial charge in [-0.15, -0.1) is 0 Å². The van der Waals surface area contributed by atoms with E-state index in [-0.39, 0.29) is 10.4 Å². The van der Waals surface area contributed by atoms with Gasteiger partial charge in [-0.1, -0.05) is 12.1 Å². The van der Waals surface area contributed by atoms with E-state index in [0.29, 0.717) is 5.56 Å². The summed E-state index contributed by atoms with van der Waals surface area (Å²) in [6.07, 6.45) is 0. The van der Waals surface area contributed by atoms with Gasteiger partial charge in [0.05, 0.1) is 4.90 Å². The average Bonchev–Trinajstić information content (AvgIpc) is 2.12. The molecular weight excluding hydrogens is 253 g/mol. The van der Waals surface area contributed by atoms with E-state index in [0.717, 1.165) is 0 Å². The normalized spacial score (nSPS) is 12.6. The molecule has 7 heteroatoms. The van der Waals surface area contributed by atoms with E-state index in [4.69, 9.17) is 10.0 Å². The zero-order valence-corrected chi connectivity index (χ0v) is 11.7. The Hall–Kier alpha value is -0.885. The summed E-state index contributed by atoms with van der Waals surface area (Å²) in [7, 11) is -5.21. The van der Waals surface area contributed by atoms with Crippen LogP contribution >= 0.6 is 0 Å². The molecule has 0 spiro atoms. The van der Waals surface area contributed by atoms with Gasteiger partial charge in [0, 0.05) is 5.54 Å². The van der Waals surface area contributed by atoms with Crippen LogP contribution in [0.25, 0.3) is 0 Å². The molecule has 3 N–H and O–H groups in total. The quantitative estimate of drug-likeness (QED) is 0.662. The largest absolute Gasteiger partial charge is 0.488 e. The van der Waals surface area contributed by atoms with E-state index in [2.05, 4.69) is 4.72 Å². The second kappa shape index (κ2) is 5.01. The molecule has 0 heterocycles. The number of hydrogen-bond acceptors (Lipinski definition) is 4. The van der Waals surface area contributed by atoms with Crippen molar-refractivity contribution in [3.63, 3.8) is 0 Å². The van der Waals surface area contributed by atoms with Gasteiger partial charge in [0.2, 0.25) is 10.0 Å². The molecule has 5 nitrogen and oxygen atoms in total. The van der Waals surface area contributed by atoms with Crippen LogP contribution in [0.2, 0.25) is 0 Å². The molecule has 1 aromatic rings. The first-order valence-electron chi connectivity index (χ1n) is 5.53. The summed E-state index contributed by atoms with van der Waals surface area (Å²) >= 11 is 0. The minimum Gasteiger partial charge on any atom is -0.423 e. The molecule has 100 valence electrons. The minimum atomic E-state index is -3.60. The summed E-state index contributed by atoms with van der Waals surface area (Å²) in [5.74, 6) is 0. The van der Waals surface area contributed by atoms with Crippen LogP contribution in [-0.2, 0) is 10.0 Å². The first-order valence-corrected chi connectivity index (χ1v) is 7.02. The SMILES string of the molecule is Cc1cc(B(O)O)ccc1S(=O)(=O)NC(C)(C)C. The maximum absolute atomic E-state index is 12.1. The number of sulfonamides is 1.